The minimum atomic E-state index is -2.86. The minimum Gasteiger partial charge on any atom is -0.317 e. The number of hydrogen-bond acceptors (Lipinski definition) is 3. The zero-order valence-electron chi connectivity index (χ0n) is 11.4. The van der Waals surface area contributed by atoms with Crippen molar-refractivity contribution in [1.29, 1.82) is 0 Å². The zero-order chi connectivity index (χ0) is 13.6. The van der Waals surface area contributed by atoms with Gasteiger partial charge in [0.15, 0.2) is 0 Å². The van der Waals surface area contributed by atoms with Crippen molar-refractivity contribution >= 4 is 9.84 Å². The summed E-state index contributed by atoms with van der Waals surface area (Å²) in [6.45, 7) is 2.09. The molecule has 0 aliphatic rings. The molecule has 0 amide bonds. The molecule has 0 heterocycles. The van der Waals surface area contributed by atoms with Crippen molar-refractivity contribution in [2.24, 2.45) is 0 Å². The summed E-state index contributed by atoms with van der Waals surface area (Å²) in [4.78, 5) is 0. The molecule has 0 spiro atoms. The molecule has 0 aliphatic heterocycles. The quantitative estimate of drug-likeness (QED) is 0.823. The summed E-state index contributed by atoms with van der Waals surface area (Å²) in [5, 5.41) is 3.20. The molecule has 4 heteroatoms. The highest BCUT2D eigenvalue weighted by Gasteiger charge is 2.10. The Kier molecular flexibility index (Phi) is 5.82. The first-order valence-electron chi connectivity index (χ1n) is 6.31. The first kappa shape index (κ1) is 15.2. The fourth-order valence-electron chi connectivity index (χ4n) is 2.00. The molecule has 102 valence electrons. The van der Waals surface area contributed by atoms with Crippen LogP contribution in [-0.2, 0) is 16.3 Å². The molecule has 1 unspecified atom stereocenters. The first-order chi connectivity index (χ1) is 8.40. The molecule has 0 aliphatic carbocycles. The Morgan fingerprint density at radius 1 is 1.28 bits per heavy atom. The maximum Gasteiger partial charge on any atom is 0.147 e. The van der Waals surface area contributed by atoms with E-state index in [1.807, 2.05) is 7.05 Å². The molecule has 1 N–H and O–H groups in total. The molecule has 0 radical (unpaired) electrons. The lowest BCUT2D eigenvalue weighted by molar-refractivity contribution is 0.504. The Bertz CT molecular complexity index is 468. The summed E-state index contributed by atoms with van der Waals surface area (Å²) in [5.74, 6) is 0.256. The largest absolute Gasteiger partial charge is 0.317 e. The molecule has 18 heavy (non-hydrogen) atoms. The van der Waals surface area contributed by atoms with Gasteiger partial charge < -0.3 is 5.32 Å². The van der Waals surface area contributed by atoms with Crippen molar-refractivity contribution < 1.29 is 8.42 Å². The fourth-order valence-corrected chi connectivity index (χ4v) is 2.71. The second-order valence-electron chi connectivity index (χ2n) is 4.93. The van der Waals surface area contributed by atoms with E-state index >= 15 is 0 Å². The summed E-state index contributed by atoms with van der Waals surface area (Å²) in [6.07, 6.45) is 3.92. The van der Waals surface area contributed by atoms with Crippen LogP contribution >= 0.6 is 0 Å². The average molecular weight is 269 g/mol. The molecule has 0 saturated heterocycles. The van der Waals surface area contributed by atoms with Crippen molar-refractivity contribution in [1.82, 2.24) is 5.32 Å². The highest BCUT2D eigenvalue weighted by atomic mass is 32.2. The van der Waals surface area contributed by atoms with Gasteiger partial charge in [-0.25, -0.2) is 8.42 Å². The highest BCUT2D eigenvalue weighted by Crippen LogP contribution is 2.10. The van der Waals surface area contributed by atoms with Crippen molar-refractivity contribution in [2.45, 2.75) is 32.2 Å². The molecule has 1 rings (SSSR count). The third kappa shape index (κ3) is 6.17. The van der Waals surface area contributed by atoms with E-state index in [4.69, 9.17) is 0 Å². The van der Waals surface area contributed by atoms with E-state index in [1.165, 1.54) is 17.4 Å². The van der Waals surface area contributed by atoms with Crippen LogP contribution in [0.25, 0.3) is 0 Å². The van der Waals surface area contributed by atoms with E-state index in [1.54, 1.807) is 0 Å². The number of hydrogen-bond donors (Lipinski definition) is 1. The van der Waals surface area contributed by atoms with E-state index in [-0.39, 0.29) is 11.8 Å². The molecule has 1 atom stereocenters. The number of sulfone groups is 1. The lowest BCUT2D eigenvalue weighted by Gasteiger charge is -2.15. The van der Waals surface area contributed by atoms with Gasteiger partial charge in [0.2, 0.25) is 0 Å². The van der Waals surface area contributed by atoms with E-state index in [2.05, 4.69) is 36.5 Å². The van der Waals surface area contributed by atoms with Gasteiger partial charge in [0, 0.05) is 12.3 Å². The molecule has 0 saturated carbocycles. The summed E-state index contributed by atoms with van der Waals surface area (Å²) >= 11 is 0. The Hall–Kier alpha value is -0.870. The molecule has 1 aromatic rings. The van der Waals surface area contributed by atoms with Gasteiger partial charge in [0.05, 0.1) is 5.75 Å². The molecular formula is C14H23NO2S. The number of benzene rings is 1. The standard InChI is InChI=1S/C14H23NO2S/c1-12-5-4-6-13(11-12)7-8-14(15-2)9-10-18(3,16)17/h4-6,11,14-15H,7-10H2,1-3H3. The summed E-state index contributed by atoms with van der Waals surface area (Å²) in [7, 11) is -0.967. The van der Waals surface area contributed by atoms with Crippen LogP contribution in [0.1, 0.15) is 24.0 Å². The van der Waals surface area contributed by atoms with Crippen molar-refractivity contribution in [3.63, 3.8) is 0 Å². The summed E-state index contributed by atoms with van der Waals surface area (Å²) < 4.78 is 22.3. The lowest BCUT2D eigenvalue weighted by Crippen LogP contribution is -2.28. The van der Waals surface area contributed by atoms with Crippen LogP contribution in [0, 0.1) is 6.92 Å². The average Bonchev–Trinajstić information content (AvgIpc) is 2.28. The number of rotatable bonds is 7. The fraction of sp³-hybridized carbons (Fsp3) is 0.571. The van der Waals surface area contributed by atoms with Crippen molar-refractivity contribution in [3.8, 4) is 0 Å². The van der Waals surface area contributed by atoms with Gasteiger partial charge in [-0.2, -0.15) is 0 Å². The van der Waals surface area contributed by atoms with Gasteiger partial charge >= 0.3 is 0 Å². The third-order valence-corrected chi connectivity index (χ3v) is 4.09. The predicted octanol–water partition coefficient (Wildman–Crippen LogP) is 1.95. The molecule has 1 aromatic carbocycles. The second-order valence-corrected chi connectivity index (χ2v) is 7.19. The highest BCUT2D eigenvalue weighted by molar-refractivity contribution is 7.90. The number of aryl methyl sites for hydroxylation is 2. The van der Waals surface area contributed by atoms with Gasteiger partial charge in [-0.15, -0.1) is 0 Å². The second kappa shape index (κ2) is 6.90. The Morgan fingerprint density at radius 3 is 2.56 bits per heavy atom. The normalized spacial score (nSPS) is 13.5. The Morgan fingerprint density at radius 2 is 2.00 bits per heavy atom. The summed E-state index contributed by atoms with van der Waals surface area (Å²) in [5.41, 5.74) is 2.58. The van der Waals surface area contributed by atoms with E-state index in [0.717, 1.165) is 12.8 Å². The van der Waals surface area contributed by atoms with Gasteiger partial charge in [-0.05, 0) is 38.8 Å². The minimum absolute atomic E-state index is 0.256. The van der Waals surface area contributed by atoms with Crippen LogP contribution < -0.4 is 5.32 Å². The first-order valence-corrected chi connectivity index (χ1v) is 8.37. The topological polar surface area (TPSA) is 46.2 Å². The maximum atomic E-state index is 11.1. The SMILES string of the molecule is CNC(CCc1cccc(C)c1)CCS(C)(=O)=O. The van der Waals surface area contributed by atoms with Gasteiger partial charge in [0.25, 0.3) is 0 Å². The van der Waals surface area contributed by atoms with Crippen molar-refractivity contribution in [2.75, 3.05) is 19.1 Å². The molecule has 0 fully saturated rings. The molecule has 0 aromatic heterocycles. The van der Waals surface area contributed by atoms with E-state index < -0.39 is 9.84 Å². The molecule has 0 bridgehead atoms. The smallest absolute Gasteiger partial charge is 0.147 e. The lowest BCUT2D eigenvalue weighted by atomic mass is 10.0. The van der Waals surface area contributed by atoms with Crippen LogP contribution in [0.5, 0.6) is 0 Å². The number of nitrogens with one attached hydrogen (secondary N) is 1. The van der Waals surface area contributed by atoms with Gasteiger partial charge in [-0.1, -0.05) is 29.8 Å². The predicted molar refractivity (Wildman–Crippen MR) is 76.7 cm³/mol. The van der Waals surface area contributed by atoms with E-state index in [9.17, 15) is 8.42 Å². The maximum absolute atomic E-state index is 11.1. The van der Waals surface area contributed by atoms with Crippen LogP contribution in [-0.4, -0.2) is 33.5 Å². The van der Waals surface area contributed by atoms with Crippen LogP contribution in [0.2, 0.25) is 0 Å². The molecular weight excluding hydrogens is 246 g/mol. The van der Waals surface area contributed by atoms with Crippen LogP contribution in [0.3, 0.4) is 0 Å². The van der Waals surface area contributed by atoms with Gasteiger partial charge in [-0.3, -0.25) is 0 Å². The third-order valence-electron chi connectivity index (χ3n) is 3.11. The van der Waals surface area contributed by atoms with Gasteiger partial charge in [0.1, 0.15) is 9.84 Å². The van der Waals surface area contributed by atoms with E-state index in [0.29, 0.717) is 6.42 Å². The Labute approximate surface area is 111 Å². The molecule has 3 nitrogen and oxygen atoms in total. The summed E-state index contributed by atoms with van der Waals surface area (Å²) in [6, 6.07) is 8.72. The zero-order valence-corrected chi connectivity index (χ0v) is 12.3. The monoisotopic (exact) mass is 269 g/mol. The Balaban J connectivity index is 2.44. The van der Waals surface area contributed by atoms with Crippen LogP contribution in [0.15, 0.2) is 24.3 Å². The van der Waals surface area contributed by atoms with Crippen molar-refractivity contribution in [3.05, 3.63) is 35.4 Å². The van der Waals surface area contributed by atoms with Crippen LogP contribution in [0.4, 0.5) is 0 Å².